The van der Waals surface area contributed by atoms with Crippen LogP contribution in [0.5, 0.6) is 5.75 Å². The van der Waals surface area contributed by atoms with Crippen molar-refractivity contribution in [2.45, 2.75) is 32.2 Å². The third-order valence-electron chi connectivity index (χ3n) is 4.67. The van der Waals surface area contributed by atoms with Gasteiger partial charge in [-0.25, -0.2) is 9.97 Å². The van der Waals surface area contributed by atoms with Gasteiger partial charge in [0, 0.05) is 31.7 Å². The van der Waals surface area contributed by atoms with Crippen LogP contribution in [0.25, 0.3) is 22.3 Å². The van der Waals surface area contributed by atoms with Crippen LogP contribution in [0.1, 0.15) is 13.8 Å². The molecule has 2 N–H and O–H groups in total. The Hall–Kier alpha value is -2.71. The fourth-order valence-electron chi connectivity index (χ4n) is 3.36. The van der Waals surface area contributed by atoms with Crippen LogP contribution in [0.3, 0.4) is 0 Å². The number of ether oxygens (including phenoxy) is 2. The third kappa shape index (κ3) is 3.45. The average Bonchev–Trinajstić information content (AvgIpc) is 3.24. The van der Waals surface area contributed by atoms with Gasteiger partial charge in [0.15, 0.2) is 0 Å². The second-order valence-electron chi connectivity index (χ2n) is 6.95. The Morgan fingerprint density at radius 3 is 2.81 bits per heavy atom. The summed E-state index contributed by atoms with van der Waals surface area (Å²) < 4.78 is 11.1. The Labute approximate surface area is 157 Å². The molecule has 142 valence electrons. The first kappa shape index (κ1) is 17.7. The number of methoxy groups -OCH3 is 1. The maximum atomic E-state index is 10.1. The molecule has 1 aliphatic heterocycles. The summed E-state index contributed by atoms with van der Waals surface area (Å²) in [4.78, 5) is 10.7. The molecule has 1 fully saturated rings. The maximum Gasteiger partial charge on any atom is 0.132 e. The molecule has 0 saturated carbocycles. The van der Waals surface area contributed by atoms with Gasteiger partial charge in [0.2, 0.25) is 0 Å². The average molecular weight is 369 g/mol. The predicted molar refractivity (Wildman–Crippen MR) is 102 cm³/mol. The summed E-state index contributed by atoms with van der Waals surface area (Å²) in [5, 5.41) is 18.5. The standard InChI is InChI=1S/C19H23N5O3/c1-11(2)27-12-4-5-14-13(6-12)19(23-22-14)15-7-18(21-10-20-15)24-8-16(25)17(9-24)26-3/h4-7,10-11,16-17,25H,8-9H2,1-3H3,(H,22,23). The Kier molecular flexibility index (Phi) is 4.67. The SMILES string of the molecule is COC1CN(c2cc(-c3n[nH]c4ccc(OC(C)C)cc34)ncn2)CC1O. The molecule has 0 spiro atoms. The molecule has 8 nitrogen and oxygen atoms in total. The molecule has 3 aromatic rings. The monoisotopic (exact) mass is 369 g/mol. The van der Waals surface area contributed by atoms with Crippen molar-refractivity contribution in [3.05, 3.63) is 30.6 Å². The number of rotatable bonds is 5. The van der Waals surface area contributed by atoms with Gasteiger partial charge in [-0.2, -0.15) is 5.10 Å². The second-order valence-corrected chi connectivity index (χ2v) is 6.95. The number of nitrogens with zero attached hydrogens (tertiary/aromatic N) is 4. The van der Waals surface area contributed by atoms with Crippen molar-refractivity contribution < 1.29 is 14.6 Å². The molecule has 8 heteroatoms. The zero-order chi connectivity index (χ0) is 19.0. The molecule has 1 aromatic carbocycles. The predicted octanol–water partition coefficient (Wildman–Crippen LogP) is 2.00. The highest BCUT2D eigenvalue weighted by Gasteiger charge is 2.32. The van der Waals surface area contributed by atoms with Crippen molar-refractivity contribution in [2.24, 2.45) is 0 Å². The van der Waals surface area contributed by atoms with E-state index in [-0.39, 0.29) is 12.2 Å². The van der Waals surface area contributed by atoms with Crippen LogP contribution in [0.4, 0.5) is 5.82 Å². The van der Waals surface area contributed by atoms with Gasteiger partial charge in [0.1, 0.15) is 29.7 Å². The van der Waals surface area contributed by atoms with E-state index < -0.39 is 6.10 Å². The molecule has 3 heterocycles. The highest BCUT2D eigenvalue weighted by Crippen LogP contribution is 2.30. The molecule has 0 aliphatic carbocycles. The van der Waals surface area contributed by atoms with Gasteiger partial charge >= 0.3 is 0 Å². The summed E-state index contributed by atoms with van der Waals surface area (Å²) in [6.45, 7) is 5.05. The minimum atomic E-state index is -0.532. The second kappa shape index (κ2) is 7.13. The lowest BCUT2D eigenvalue weighted by Crippen LogP contribution is -2.25. The highest BCUT2D eigenvalue weighted by atomic mass is 16.5. The summed E-state index contributed by atoms with van der Waals surface area (Å²) in [5.41, 5.74) is 2.37. The van der Waals surface area contributed by atoms with E-state index >= 15 is 0 Å². The first-order chi connectivity index (χ1) is 13.0. The third-order valence-corrected chi connectivity index (χ3v) is 4.67. The van der Waals surface area contributed by atoms with E-state index in [0.717, 1.165) is 28.2 Å². The van der Waals surface area contributed by atoms with Crippen molar-refractivity contribution in [3.8, 4) is 17.1 Å². The maximum absolute atomic E-state index is 10.1. The van der Waals surface area contributed by atoms with E-state index in [2.05, 4.69) is 20.2 Å². The number of β-amino-alcohol motifs (C(OH)–C–C–N with tert-alkyl or cyclic N) is 1. The van der Waals surface area contributed by atoms with Gasteiger partial charge < -0.3 is 19.5 Å². The number of hydrogen-bond donors (Lipinski definition) is 2. The molecule has 0 radical (unpaired) electrons. The van der Waals surface area contributed by atoms with E-state index in [1.54, 1.807) is 7.11 Å². The van der Waals surface area contributed by atoms with Gasteiger partial charge in [-0.1, -0.05) is 0 Å². The molecule has 2 unspecified atom stereocenters. The van der Waals surface area contributed by atoms with Crippen LogP contribution >= 0.6 is 0 Å². The number of benzene rings is 1. The van der Waals surface area contributed by atoms with Crippen LogP contribution in [0.2, 0.25) is 0 Å². The summed E-state index contributed by atoms with van der Waals surface area (Å²) in [6.07, 6.45) is 0.867. The van der Waals surface area contributed by atoms with Gasteiger partial charge in [-0.3, -0.25) is 5.10 Å². The molecule has 0 bridgehead atoms. The number of fused-ring (bicyclic) bond motifs is 1. The number of aromatic nitrogens is 4. The Balaban J connectivity index is 1.68. The van der Waals surface area contributed by atoms with Crippen molar-refractivity contribution in [3.63, 3.8) is 0 Å². The number of H-pyrrole nitrogens is 1. The van der Waals surface area contributed by atoms with Gasteiger partial charge in [0.05, 0.1) is 23.4 Å². The normalized spacial score (nSPS) is 20.0. The Morgan fingerprint density at radius 2 is 2.07 bits per heavy atom. The molecular formula is C19H23N5O3. The zero-order valence-corrected chi connectivity index (χ0v) is 15.6. The van der Waals surface area contributed by atoms with Crippen molar-refractivity contribution in [1.82, 2.24) is 20.2 Å². The van der Waals surface area contributed by atoms with Crippen molar-refractivity contribution in [1.29, 1.82) is 0 Å². The van der Waals surface area contributed by atoms with Gasteiger partial charge in [-0.05, 0) is 32.0 Å². The molecule has 2 atom stereocenters. The lowest BCUT2D eigenvalue weighted by Gasteiger charge is -2.16. The molecule has 2 aromatic heterocycles. The largest absolute Gasteiger partial charge is 0.491 e. The van der Waals surface area contributed by atoms with E-state index in [4.69, 9.17) is 9.47 Å². The molecule has 4 rings (SSSR count). The lowest BCUT2D eigenvalue weighted by molar-refractivity contribution is 0.0217. The van der Waals surface area contributed by atoms with Crippen LogP contribution in [0, 0.1) is 0 Å². The van der Waals surface area contributed by atoms with E-state index in [1.807, 2.05) is 43.0 Å². The molecule has 1 saturated heterocycles. The number of aliphatic hydroxyl groups is 1. The quantitative estimate of drug-likeness (QED) is 0.710. The highest BCUT2D eigenvalue weighted by molar-refractivity contribution is 5.93. The fraction of sp³-hybridized carbons (Fsp3) is 0.421. The topological polar surface area (TPSA) is 96.4 Å². The molecule has 27 heavy (non-hydrogen) atoms. The van der Waals surface area contributed by atoms with Crippen LogP contribution in [-0.2, 0) is 4.74 Å². The van der Waals surface area contributed by atoms with Crippen molar-refractivity contribution in [2.75, 3.05) is 25.1 Å². The number of aromatic amines is 1. The van der Waals surface area contributed by atoms with Crippen LogP contribution < -0.4 is 9.64 Å². The number of anilines is 1. The zero-order valence-electron chi connectivity index (χ0n) is 15.6. The van der Waals surface area contributed by atoms with Gasteiger partial charge in [0.25, 0.3) is 0 Å². The lowest BCUT2D eigenvalue weighted by atomic mass is 10.1. The van der Waals surface area contributed by atoms with Gasteiger partial charge in [-0.15, -0.1) is 0 Å². The molecular weight excluding hydrogens is 346 g/mol. The first-order valence-corrected chi connectivity index (χ1v) is 8.98. The van der Waals surface area contributed by atoms with E-state index in [0.29, 0.717) is 18.8 Å². The summed E-state index contributed by atoms with van der Waals surface area (Å²) >= 11 is 0. The first-order valence-electron chi connectivity index (χ1n) is 8.98. The Morgan fingerprint density at radius 1 is 1.22 bits per heavy atom. The number of nitrogens with one attached hydrogen (secondary N) is 1. The molecule has 0 amide bonds. The van der Waals surface area contributed by atoms with E-state index in [9.17, 15) is 5.11 Å². The van der Waals surface area contributed by atoms with Crippen molar-refractivity contribution >= 4 is 16.7 Å². The smallest absolute Gasteiger partial charge is 0.132 e. The summed E-state index contributed by atoms with van der Waals surface area (Å²) in [5.74, 6) is 1.53. The molecule has 1 aliphatic rings. The number of hydrogen-bond acceptors (Lipinski definition) is 7. The number of aliphatic hydroxyl groups excluding tert-OH is 1. The summed E-state index contributed by atoms with van der Waals surface area (Å²) in [6, 6.07) is 7.73. The minimum absolute atomic E-state index is 0.0961. The fourth-order valence-corrected chi connectivity index (χ4v) is 3.36. The van der Waals surface area contributed by atoms with Crippen LogP contribution in [-0.4, -0.2) is 63.8 Å². The summed E-state index contributed by atoms with van der Waals surface area (Å²) in [7, 11) is 1.61. The minimum Gasteiger partial charge on any atom is -0.491 e. The van der Waals surface area contributed by atoms with E-state index in [1.165, 1.54) is 6.33 Å². The van der Waals surface area contributed by atoms with Crippen LogP contribution in [0.15, 0.2) is 30.6 Å². The Bertz CT molecular complexity index is 942.